The fourth-order valence-corrected chi connectivity index (χ4v) is 2.42. The van der Waals surface area contributed by atoms with Gasteiger partial charge in [-0.1, -0.05) is 6.08 Å². The molecule has 0 aliphatic carbocycles. The van der Waals surface area contributed by atoms with E-state index in [-0.39, 0.29) is 6.42 Å². The predicted octanol–water partition coefficient (Wildman–Crippen LogP) is 3.78. The average molecular weight is 275 g/mol. The molecule has 0 radical (unpaired) electrons. The van der Waals surface area contributed by atoms with Gasteiger partial charge in [-0.15, -0.1) is 11.3 Å². The third-order valence-electron chi connectivity index (χ3n) is 1.77. The van der Waals surface area contributed by atoms with Gasteiger partial charge in [0.2, 0.25) is 0 Å². The number of aliphatic carboxylic acids is 1. The molecule has 0 aromatic carbocycles. The number of halogens is 1. The summed E-state index contributed by atoms with van der Waals surface area (Å²) in [5.74, 6) is -0.749. The highest BCUT2D eigenvalue weighted by Gasteiger charge is 2.00. The summed E-state index contributed by atoms with van der Waals surface area (Å²) < 4.78 is 1.10. The van der Waals surface area contributed by atoms with Crippen LogP contribution in [0.5, 0.6) is 0 Å². The molecule has 0 atom stereocenters. The van der Waals surface area contributed by atoms with Gasteiger partial charge in [0, 0.05) is 11.3 Å². The number of rotatable bonds is 4. The number of hydrogen-bond acceptors (Lipinski definition) is 2. The molecule has 0 amide bonds. The minimum Gasteiger partial charge on any atom is -0.481 e. The second-order valence-corrected chi connectivity index (χ2v) is 5.39. The molecule has 0 saturated heterocycles. The maximum atomic E-state index is 10.3. The van der Waals surface area contributed by atoms with Gasteiger partial charge in [0.25, 0.3) is 0 Å². The van der Waals surface area contributed by atoms with Crippen LogP contribution < -0.4 is 0 Å². The van der Waals surface area contributed by atoms with Crippen LogP contribution in [0.1, 0.15) is 24.6 Å². The number of hydrogen-bond donors (Lipinski definition) is 1. The van der Waals surface area contributed by atoms with Gasteiger partial charge < -0.3 is 5.11 Å². The molecule has 1 rings (SSSR count). The van der Waals surface area contributed by atoms with Gasteiger partial charge in [0.1, 0.15) is 0 Å². The second-order valence-electron chi connectivity index (χ2n) is 2.92. The fraction of sp³-hybridized carbons (Fsp3) is 0.300. The first-order valence-electron chi connectivity index (χ1n) is 4.24. The highest BCUT2D eigenvalue weighted by atomic mass is 79.9. The predicted molar refractivity (Wildman–Crippen MR) is 62.5 cm³/mol. The molecular formula is C10H11BrO2S. The smallest absolute Gasteiger partial charge is 0.303 e. The standard InChI is InChI=1S/C10H11BrO2S/c1-7(3-2-4-10(12)13)8-5-6-9(11)14-8/h3,5-6H,2,4H2,1H3,(H,12,13)/b7-3-. The van der Waals surface area contributed by atoms with E-state index in [0.717, 1.165) is 9.36 Å². The number of carbonyl (C=O) groups is 1. The van der Waals surface area contributed by atoms with E-state index in [1.807, 2.05) is 25.1 Å². The summed E-state index contributed by atoms with van der Waals surface area (Å²) in [7, 11) is 0. The third-order valence-corrected chi connectivity index (χ3v) is 3.53. The van der Waals surface area contributed by atoms with E-state index in [4.69, 9.17) is 5.11 Å². The van der Waals surface area contributed by atoms with Crippen molar-refractivity contribution in [3.05, 3.63) is 26.9 Å². The molecular weight excluding hydrogens is 264 g/mol. The summed E-state index contributed by atoms with van der Waals surface area (Å²) >= 11 is 5.04. The van der Waals surface area contributed by atoms with E-state index in [2.05, 4.69) is 15.9 Å². The molecule has 0 aliphatic heterocycles. The first-order valence-corrected chi connectivity index (χ1v) is 5.85. The van der Waals surface area contributed by atoms with Gasteiger partial charge >= 0.3 is 5.97 Å². The summed E-state index contributed by atoms with van der Waals surface area (Å²) in [6.45, 7) is 2.00. The number of carboxylic acid groups (broad SMARTS) is 1. The zero-order valence-corrected chi connectivity index (χ0v) is 10.2. The van der Waals surface area contributed by atoms with Gasteiger partial charge in [0.15, 0.2) is 0 Å². The van der Waals surface area contributed by atoms with Crippen molar-refractivity contribution in [1.29, 1.82) is 0 Å². The Labute approximate surface area is 95.4 Å². The molecule has 0 spiro atoms. The summed E-state index contributed by atoms with van der Waals surface area (Å²) in [5.41, 5.74) is 1.14. The first-order chi connectivity index (χ1) is 6.59. The lowest BCUT2D eigenvalue weighted by Crippen LogP contribution is -1.91. The topological polar surface area (TPSA) is 37.3 Å². The van der Waals surface area contributed by atoms with Crippen molar-refractivity contribution in [1.82, 2.24) is 0 Å². The Kier molecular flexibility index (Phi) is 4.35. The van der Waals surface area contributed by atoms with E-state index in [9.17, 15) is 4.79 Å². The van der Waals surface area contributed by atoms with Crippen molar-refractivity contribution in [2.24, 2.45) is 0 Å². The zero-order valence-electron chi connectivity index (χ0n) is 7.79. The molecule has 0 fully saturated rings. The van der Waals surface area contributed by atoms with Gasteiger partial charge in [-0.2, -0.15) is 0 Å². The molecule has 1 aromatic heterocycles. The lowest BCUT2D eigenvalue weighted by Gasteiger charge is -1.95. The number of thiophene rings is 1. The van der Waals surface area contributed by atoms with Crippen molar-refractivity contribution >= 4 is 38.8 Å². The fourth-order valence-electron chi connectivity index (χ4n) is 1.04. The Morgan fingerprint density at radius 1 is 1.64 bits per heavy atom. The van der Waals surface area contributed by atoms with Crippen LogP contribution in [0.25, 0.3) is 5.57 Å². The van der Waals surface area contributed by atoms with Gasteiger partial charge in [0.05, 0.1) is 3.79 Å². The van der Waals surface area contributed by atoms with E-state index in [0.29, 0.717) is 6.42 Å². The van der Waals surface area contributed by atoms with Crippen molar-refractivity contribution in [2.75, 3.05) is 0 Å². The monoisotopic (exact) mass is 274 g/mol. The molecule has 0 unspecified atom stereocenters. The minimum atomic E-state index is -0.749. The Morgan fingerprint density at radius 2 is 2.36 bits per heavy atom. The van der Waals surface area contributed by atoms with Crippen LogP contribution in [-0.2, 0) is 4.79 Å². The Morgan fingerprint density at radius 3 is 2.86 bits per heavy atom. The summed E-state index contributed by atoms with van der Waals surface area (Å²) in [6.07, 6.45) is 2.76. The molecule has 1 N–H and O–H groups in total. The Bertz CT molecular complexity index is 355. The normalized spacial score (nSPS) is 11.7. The second kappa shape index (κ2) is 5.32. The maximum Gasteiger partial charge on any atom is 0.303 e. The summed E-state index contributed by atoms with van der Waals surface area (Å²) in [4.78, 5) is 11.5. The molecule has 76 valence electrons. The summed E-state index contributed by atoms with van der Waals surface area (Å²) in [5, 5.41) is 8.47. The van der Waals surface area contributed by atoms with Crippen molar-refractivity contribution in [3.8, 4) is 0 Å². The third kappa shape index (κ3) is 3.64. The summed E-state index contributed by atoms with van der Waals surface area (Å²) in [6, 6.07) is 4.02. The maximum absolute atomic E-state index is 10.3. The van der Waals surface area contributed by atoms with Crippen LogP contribution >= 0.6 is 27.3 Å². The van der Waals surface area contributed by atoms with Crippen molar-refractivity contribution in [2.45, 2.75) is 19.8 Å². The SMILES string of the molecule is C/C(=C/CCC(=O)O)c1ccc(Br)s1. The quantitative estimate of drug-likeness (QED) is 0.908. The van der Waals surface area contributed by atoms with Crippen LogP contribution in [0.3, 0.4) is 0 Å². The highest BCUT2D eigenvalue weighted by Crippen LogP contribution is 2.27. The largest absolute Gasteiger partial charge is 0.481 e. The Balaban J connectivity index is 2.56. The van der Waals surface area contributed by atoms with E-state index < -0.39 is 5.97 Å². The lowest BCUT2D eigenvalue weighted by molar-refractivity contribution is -0.136. The molecule has 1 heterocycles. The molecule has 0 saturated carbocycles. The van der Waals surface area contributed by atoms with Gasteiger partial charge in [-0.25, -0.2) is 0 Å². The number of carboxylic acids is 1. The molecule has 14 heavy (non-hydrogen) atoms. The van der Waals surface area contributed by atoms with E-state index in [1.165, 1.54) is 4.88 Å². The zero-order chi connectivity index (χ0) is 10.6. The van der Waals surface area contributed by atoms with Crippen LogP contribution in [0.15, 0.2) is 22.0 Å². The lowest BCUT2D eigenvalue weighted by atomic mass is 10.2. The van der Waals surface area contributed by atoms with E-state index >= 15 is 0 Å². The first kappa shape index (κ1) is 11.5. The average Bonchev–Trinajstić information content (AvgIpc) is 2.51. The van der Waals surface area contributed by atoms with Crippen LogP contribution in [0, 0.1) is 0 Å². The molecule has 1 aromatic rings. The molecule has 0 aliphatic rings. The Hall–Kier alpha value is -0.610. The van der Waals surface area contributed by atoms with Crippen molar-refractivity contribution < 1.29 is 9.90 Å². The molecule has 2 nitrogen and oxygen atoms in total. The van der Waals surface area contributed by atoms with Gasteiger partial charge in [-0.05, 0) is 47.0 Å². The van der Waals surface area contributed by atoms with Crippen LogP contribution in [0.4, 0.5) is 0 Å². The molecule has 4 heteroatoms. The highest BCUT2D eigenvalue weighted by molar-refractivity contribution is 9.11. The van der Waals surface area contributed by atoms with Crippen LogP contribution in [-0.4, -0.2) is 11.1 Å². The van der Waals surface area contributed by atoms with Crippen molar-refractivity contribution in [3.63, 3.8) is 0 Å². The number of allylic oxidation sites excluding steroid dienone is 2. The van der Waals surface area contributed by atoms with Gasteiger partial charge in [-0.3, -0.25) is 4.79 Å². The molecule has 0 bridgehead atoms. The minimum absolute atomic E-state index is 0.198. The van der Waals surface area contributed by atoms with Crippen LogP contribution in [0.2, 0.25) is 0 Å². The van der Waals surface area contributed by atoms with E-state index in [1.54, 1.807) is 11.3 Å².